The van der Waals surface area contributed by atoms with Crippen LogP contribution in [0.5, 0.6) is 0 Å². The van der Waals surface area contributed by atoms with Crippen LogP contribution >= 0.6 is 0 Å². The summed E-state index contributed by atoms with van der Waals surface area (Å²) in [5.74, 6) is -1.66. The minimum atomic E-state index is -0.555. The zero-order valence-corrected chi connectivity index (χ0v) is 20.8. The van der Waals surface area contributed by atoms with Crippen molar-refractivity contribution in [1.29, 1.82) is 0 Å². The molecule has 0 N–H and O–H groups in total. The molecule has 6 heteroatoms. The number of ether oxygens (including phenoxy) is 3. The van der Waals surface area contributed by atoms with Crippen molar-refractivity contribution in [2.24, 2.45) is 0 Å². The number of carbonyl (C=O) groups is 3. The van der Waals surface area contributed by atoms with E-state index in [0.717, 1.165) is 77.0 Å². The van der Waals surface area contributed by atoms with Crippen molar-refractivity contribution in [3.8, 4) is 0 Å². The predicted octanol–water partition coefficient (Wildman–Crippen LogP) is 6.90. The minimum absolute atomic E-state index is 0.156. The van der Waals surface area contributed by atoms with Crippen molar-refractivity contribution < 1.29 is 28.6 Å². The lowest BCUT2D eigenvalue weighted by molar-refractivity contribution is 0.0495. The smallest absolute Gasteiger partial charge is 0.338 e. The predicted molar refractivity (Wildman–Crippen MR) is 130 cm³/mol. The molecule has 6 nitrogen and oxygen atoms in total. The number of hydrogen-bond donors (Lipinski definition) is 0. The first kappa shape index (κ1) is 28.7. The van der Waals surface area contributed by atoms with Crippen LogP contribution in [0, 0.1) is 0 Å². The Morgan fingerprint density at radius 2 is 0.758 bits per heavy atom. The molecule has 0 heterocycles. The maximum Gasteiger partial charge on any atom is 0.338 e. The summed E-state index contributed by atoms with van der Waals surface area (Å²) in [4.78, 5) is 37.7. The number of rotatable bonds is 18. The third-order valence-corrected chi connectivity index (χ3v) is 5.33. The first-order valence-corrected chi connectivity index (χ1v) is 12.7. The maximum absolute atomic E-state index is 12.6. The molecule has 1 rings (SSSR count). The van der Waals surface area contributed by atoms with Crippen LogP contribution in [0.3, 0.4) is 0 Å². The maximum atomic E-state index is 12.6. The van der Waals surface area contributed by atoms with Crippen LogP contribution < -0.4 is 0 Å². The van der Waals surface area contributed by atoms with Gasteiger partial charge in [-0.1, -0.05) is 78.6 Å². The molecule has 0 saturated heterocycles. The van der Waals surface area contributed by atoms with Crippen LogP contribution in [0.15, 0.2) is 18.2 Å². The molecule has 0 radical (unpaired) electrons. The highest BCUT2D eigenvalue weighted by Crippen LogP contribution is 2.16. The van der Waals surface area contributed by atoms with Gasteiger partial charge in [0.2, 0.25) is 0 Å². The van der Waals surface area contributed by atoms with E-state index in [2.05, 4.69) is 20.8 Å². The number of carbonyl (C=O) groups excluding carboxylic acids is 3. The lowest BCUT2D eigenvalue weighted by atomic mass is 10.1. The molecule has 0 aliphatic rings. The number of esters is 3. The highest BCUT2D eigenvalue weighted by molar-refractivity contribution is 6.00. The topological polar surface area (TPSA) is 78.9 Å². The van der Waals surface area contributed by atoms with Gasteiger partial charge in [-0.25, -0.2) is 14.4 Å². The Morgan fingerprint density at radius 1 is 0.485 bits per heavy atom. The summed E-state index contributed by atoms with van der Waals surface area (Å²) >= 11 is 0. The zero-order chi connectivity index (χ0) is 24.3. The molecule has 0 bridgehead atoms. The Labute approximate surface area is 199 Å². The van der Waals surface area contributed by atoms with Crippen LogP contribution in [0.1, 0.15) is 129 Å². The third kappa shape index (κ3) is 12.4. The third-order valence-electron chi connectivity index (χ3n) is 5.33. The van der Waals surface area contributed by atoms with E-state index >= 15 is 0 Å². The van der Waals surface area contributed by atoms with Crippen LogP contribution in [-0.2, 0) is 14.2 Å². The molecule has 1 aromatic carbocycles. The van der Waals surface area contributed by atoms with Gasteiger partial charge in [0, 0.05) is 0 Å². The summed E-state index contributed by atoms with van der Waals surface area (Å²) in [6.07, 6.45) is 11.9. The molecule has 0 unspecified atom stereocenters. The highest BCUT2D eigenvalue weighted by Gasteiger charge is 2.19. The second-order valence-electron chi connectivity index (χ2n) is 8.39. The van der Waals surface area contributed by atoms with Crippen LogP contribution in [0.25, 0.3) is 0 Å². The molecule has 0 aliphatic carbocycles. The fourth-order valence-corrected chi connectivity index (χ4v) is 3.31. The van der Waals surface area contributed by atoms with Crippen molar-refractivity contribution >= 4 is 17.9 Å². The molecule has 186 valence electrons. The van der Waals surface area contributed by atoms with Gasteiger partial charge < -0.3 is 14.2 Å². The van der Waals surface area contributed by atoms with Gasteiger partial charge in [-0.2, -0.15) is 0 Å². The molecule has 33 heavy (non-hydrogen) atoms. The molecule has 0 aromatic heterocycles. The zero-order valence-electron chi connectivity index (χ0n) is 20.8. The van der Waals surface area contributed by atoms with Crippen molar-refractivity contribution in [3.05, 3.63) is 34.9 Å². The lowest BCUT2D eigenvalue weighted by Crippen LogP contribution is -2.14. The largest absolute Gasteiger partial charge is 0.462 e. The molecule has 0 amide bonds. The van der Waals surface area contributed by atoms with E-state index in [1.54, 1.807) is 0 Å². The van der Waals surface area contributed by atoms with Gasteiger partial charge in [-0.05, 0) is 37.5 Å². The van der Waals surface area contributed by atoms with E-state index in [9.17, 15) is 14.4 Å². The van der Waals surface area contributed by atoms with E-state index in [-0.39, 0.29) is 16.7 Å². The summed E-state index contributed by atoms with van der Waals surface area (Å²) in [5, 5.41) is 0. The second kappa shape index (κ2) is 18.1. The summed E-state index contributed by atoms with van der Waals surface area (Å²) in [6.45, 7) is 7.27. The molecule has 0 saturated carbocycles. The summed E-state index contributed by atoms with van der Waals surface area (Å²) in [6, 6.07) is 4.29. The van der Waals surface area contributed by atoms with Crippen LogP contribution in [0.4, 0.5) is 0 Å². The van der Waals surface area contributed by atoms with E-state index in [0.29, 0.717) is 19.8 Å². The number of hydrogen-bond acceptors (Lipinski definition) is 6. The monoisotopic (exact) mass is 462 g/mol. The Hall–Kier alpha value is -2.37. The average Bonchev–Trinajstić information content (AvgIpc) is 2.83. The van der Waals surface area contributed by atoms with Gasteiger partial charge in [0.05, 0.1) is 36.5 Å². The van der Waals surface area contributed by atoms with Crippen molar-refractivity contribution in [1.82, 2.24) is 0 Å². The molecule has 0 aliphatic heterocycles. The summed E-state index contributed by atoms with van der Waals surface area (Å²) in [7, 11) is 0. The van der Waals surface area contributed by atoms with E-state index in [4.69, 9.17) is 14.2 Å². The number of benzene rings is 1. The first-order chi connectivity index (χ1) is 16.0. The van der Waals surface area contributed by atoms with Crippen LogP contribution in [-0.4, -0.2) is 37.7 Å². The SMILES string of the molecule is CCCCCCOC(=O)c1cc(C(=O)OCCCCCC)cc(C(=O)OCCCCCC)c1. The fraction of sp³-hybridized carbons (Fsp3) is 0.667. The lowest BCUT2D eigenvalue weighted by Gasteiger charge is -2.11. The highest BCUT2D eigenvalue weighted by atomic mass is 16.5. The molecule has 1 aromatic rings. The van der Waals surface area contributed by atoms with E-state index in [1.807, 2.05) is 0 Å². The Balaban J connectivity index is 2.84. The van der Waals surface area contributed by atoms with Gasteiger partial charge in [0.1, 0.15) is 0 Å². The Kier molecular flexibility index (Phi) is 15.7. The Morgan fingerprint density at radius 3 is 1.00 bits per heavy atom. The molecular formula is C27H42O6. The van der Waals surface area contributed by atoms with Crippen molar-refractivity contribution in [3.63, 3.8) is 0 Å². The van der Waals surface area contributed by atoms with Gasteiger partial charge in [-0.3, -0.25) is 0 Å². The van der Waals surface area contributed by atoms with Crippen molar-refractivity contribution in [2.75, 3.05) is 19.8 Å². The summed E-state index contributed by atoms with van der Waals surface area (Å²) < 4.78 is 16.1. The average molecular weight is 463 g/mol. The molecule has 0 spiro atoms. The fourth-order valence-electron chi connectivity index (χ4n) is 3.31. The molecular weight excluding hydrogens is 420 g/mol. The molecule has 0 fully saturated rings. The minimum Gasteiger partial charge on any atom is -0.462 e. The second-order valence-corrected chi connectivity index (χ2v) is 8.39. The van der Waals surface area contributed by atoms with Gasteiger partial charge in [0.25, 0.3) is 0 Å². The van der Waals surface area contributed by atoms with Gasteiger partial charge in [0.15, 0.2) is 0 Å². The normalized spacial score (nSPS) is 10.6. The Bertz CT molecular complexity index is 605. The van der Waals surface area contributed by atoms with Crippen LogP contribution in [0.2, 0.25) is 0 Å². The standard InChI is InChI=1S/C27H42O6/c1-4-7-10-13-16-31-25(28)22-19-23(26(29)32-17-14-11-8-5-2)21-24(20-22)27(30)33-18-15-12-9-6-3/h19-21H,4-18H2,1-3H3. The van der Waals surface area contributed by atoms with Crippen molar-refractivity contribution in [2.45, 2.75) is 97.8 Å². The van der Waals surface area contributed by atoms with Gasteiger partial charge >= 0.3 is 17.9 Å². The summed E-state index contributed by atoms with van der Waals surface area (Å²) in [5.41, 5.74) is 0.469. The first-order valence-electron chi connectivity index (χ1n) is 12.7. The number of unbranched alkanes of at least 4 members (excludes halogenated alkanes) is 9. The van der Waals surface area contributed by atoms with E-state index in [1.165, 1.54) is 18.2 Å². The quantitative estimate of drug-likeness (QED) is 0.134. The molecule has 0 atom stereocenters. The van der Waals surface area contributed by atoms with Gasteiger partial charge in [-0.15, -0.1) is 0 Å². The van der Waals surface area contributed by atoms with E-state index < -0.39 is 17.9 Å².